The summed E-state index contributed by atoms with van der Waals surface area (Å²) in [6, 6.07) is 9.61. The summed E-state index contributed by atoms with van der Waals surface area (Å²) in [5.74, 6) is 0.0299. The predicted molar refractivity (Wildman–Crippen MR) is 70.4 cm³/mol. The molecule has 17 heavy (non-hydrogen) atoms. The summed E-state index contributed by atoms with van der Waals surface area (Å²) in [6.07, 6.45) is 2.10. The molecule has 0 heterocycles. The first-order valence-corrected chi connectivity index (χ1v) is 6.23. The average Bonchev–Trinajstić information content (AvgIpc) is 2.34. The molecule has 3 nitrogen and oxygen atoms in total. The maximum absolute atomic E-state index is 12.0. The van der Waals surface area contributed by atoms with Crippen LogP contribution in [0.3, 0.4) is 0 Å². The van der Waals surface area contributed by atoms with Crippen LogP contribution >= 0.6 is 0 Å². The van der Waals surface area contributed by atoms with Gasteiger partial charge in [-0.05, 0) is 18.9 Å². The highest BCUT2D eigenvalue weighted by molar-refractivity contribution is 5.81. The molecule has 1 atom stereocenters. The molecule has 94 valence electrons. The number of carbonyl (C=O) groups excluding carboxylic acids is 1. The zero-order valence-electron chi connectivity index (χ0n) is 10.7. The van der Waals surface area contributed by atoms with Gasteiger partial charge in [0.1, 0.15) is 0 Å². The maximum Gasteiger partial charge on any atom is 0.239 e. The van der Waals surface area contributed by atoms with E-state index in [4.69, 9.17) is 5.73 Å². The molecule has 0 saturated heterocycles. The van der Waals surface area contributed by atoms with E-state index in [0.717, 1.165) is 24.9 Å². The summed E-state index contributed by atoms with van der Waals surface area (Å²) in [5, 5.41) is 0. The van der Waals surface area contributed by atoms with Crippen molar-refractivity contribution in [2.45, 2.75) is 39.3 Å². The van der Waals surface area contributed by atoms with Crippen molar-refractivity contribution in [3.8, 4) is 0 Å². The lowest BCUT2D eigenvalue weighted by atomic mass is 10.2. The van der Waals surface area contributed by atoms with Gasteiger partial charge in [0.25, 0.3) is 0 Å². The second-order valence-electron chi connectivity index (χ2n) is 4.39. The maximum atomic E-state index is 12.0. The Balaban J connectivity index is 2.66. The van der Waals surface area contributed by atoms with Gasteiger partial charge in [0, 0.05) is 13.1 Å². The Morgan fingerprint density at radius 3 is 2.53 bits per heavy atom. The molecule has 0 aliphatic carbocycles. The number of amides is 1. The molecule has 0 aromatic heterocycles. The summed E-state index contributed by atoms with van der Waals surface area (Å²) in [4.78, 5) is 13.8. The number of hydrogen-bond donors (Lipinski definition) is 1. The quantitative estimate of drug-likeness (QED) is 0.820. The number of carbonyl (C=O) groups is 1. The van der Waals surface area contributed by atoms with Crippen LogP contribution in [0.2, 0.25) is 0 Å². The molecule has 0 radical (unpaired) electrons. The van der Waals surface area contributed by atoms with Gasteiger partial charge in [-0.15, -0.1) is 0 Å². The number of nitrogens with zero attached hydrogens (tertiary/aromatic N) is 1. The Morgan fingerprint density at radius 2 is 2.00 bits per heavy atom. The van der Waals surface area contributed by atoms with Crippen LogP contribution in [0.25, 0.3) is 0 Å². The minimum absolute atomic E-state index is 0.0299. The van der Waals surface area contributed by atoms with Crippen LogP contribution in [0.1, 0.15) is 32.3 Å². The number of unbranched alkanes of at least 4 members (excludes halogenated alkanes) is 1. The Kier molecular flexibility index (Phi) is 5.70. The molecule has 0 aliphatic heterocycles. The monoisotopic (exact) mass is 234 g/mol. The van der Waals surface area contributed by atoms with Crippen molar-refractivity contribution in [2.75, 3.05) is 6.54 Å². The third kappa shape index (κ3) is 4.57. The number of nitrogens with two attached hydrogens (primary N) is 1. The van der Waals surface area contributed by atoms with Gasteiger partial charge in [-0.2, -0.15) is 0 Å². The molecule has 0 aliphatic rings. The number of hydrogen-bond acceptors (Lipinski definition) is 2. The molecule has 0 bridgehead atoms. The second-order valence-corrected chi connectivity index (χ2v) is 4.39. The van der Waals surface area contributed by atoms with Gasteiger partial charge >= 0.3 is 0 Å². The Labute approximate surface area is 104 Å². The van der Waals surface area contributed by atoms with E-state index in [9.17, 15) is 4.79 Å². The number of benzene rings is 1. The van der Waals surface area contributed by atoms with Crippen molar-refractivity contribution in [3.63, 3.8) is 0 Å². The Morgan fingerprint density at radius 1 is 1.35 bits per heavy atom. The summed E-state index contributed by atoms with van der Waals surface area (Å²) >= 11 is 0. The van der Waals surface area contributed by atoms with E-state index in [0.29, 0.717) is 6.54 Å². The molecule has 0 spiro atoms. The summed E-state index contributed by atoms with van der Waals surface area (Å²) in [6.45, 7) is 5.30. The fraction of sp³-hybridized carbons (Fsp3) is 0.500. The smallest absolute Gasteiger partial charge is 0.239 e. The van der Waals surface area contributed by atoms with E-state index in [1.54, 1.807) is 6.92 Å². The first-order valence-electron chi connectivity index (χ1n) is 6.23. The van der Waals surface area contributed by atoms with E-state index in [1.165, 1.54) is 0 Å². The molecule has 1 amide bonds. The molecule has 2 N–H and O–H groups in total. The molecule has 1 aromatic carbocycles. The lowest BCUT2D eigenvalue weighted by Crippen LogP contribution is -2.42. The molecule has 0 fully saturated rings. The summed E-state index contributed by atoms with van der Waals surface area (Å²) < 4.78 is 0. The fourth-order valence-electron chi connectivity index (χ4n) is 1.71. The predicted octanol–water partition coefficient (Wildman–Crippen LogP) is 2.16. The van der Waals surface area contributed by atoms with Crippen molar-refractivity contribution in [3.05, 3.63) is 35.9 Å². The lowest BCUT2D eigenvalue weighted by molar-refractivity contribution is -0.132. The van der Waals surface area contributed by atoms with Gasteiger partial charge in [-0.3, -0.25) is 4.79 Å². The molecule has 1 aromatic rings. The molecular formula is C14H22N2O. The zero-order valence-corrected chi connectivity index (χ0v) is 10.7. The van der Waals surface area contributed by atoms with Crippen LogP contribution < -0.4 is 5.73 Å². The minimum atomic E-state index is -0.421. The summed E-state index contributed by atoms with van der Waals surface area (Å²) in [7, 11) is 0. The third-order valence-electron chi connectivity index (χ3n) is 2.70. The minimum Gasteiger partial charge on any atom is -0.337 e. The van der Waals surface area contributed by atoms with Gasteiger partial charge in [0.15, 0.2) is 0 Å². The fourth-order valence-corrected chi connectivity index (χ4v) is 1.71. The Bertz CT molecular complexity index is 335. The van der Waals surface area contributed by atoms with Crippen LogP contribution in [-0.2, 0) is 11.3 Å². The van der Waals surface area contributed by atoms with Crippen molar-refractivity contribution in [1.29, 1.82) is 0 Å². The van der Waals surface area contributed by atoms with Crippen LogP contribution in [0.15, 0.2) is 30.3 Å². The van der Waals surface area contributed by atoms with Gasteiger partial charge < -0.3 is 10.6 Å². The molecule has 3 heteroatoms. The van der Waals surface area contributed by atoms with E-state index < -0.39 is 6.04 Å². The molecular weight excluding hydrogens is 212 g/mol. The van der Waals surface area contributed by atoms with Crippen molar-refractivity contribution in [1.82, 2.24) is 4.90 Å². The van der Waals surface area contributed by atoms with E-state index in [2.05, 4.69) is 6.92 Å². The van der Waals surface area contributed by atoms with E-state index in [1.807, 2.05) is 35.2 Å². The zero-order chi connectivity index (χ0) is 12.7. The topological polar surface area (TPSA) is 46.3 Å². The Hall–Kier alpha value is -1.35. The largest absolute Gasteiger partial charge is 0.337 e. The highest BCUT2D eigenvalue weighted by Gasteiger charge is 2.16. The van der Waals surface area contributed by atoms with Crippen molar-refractivity contribution in [2.24, 2.45) is 5.73 Å². The van der Waals surface area contributed by atoms with Crippen LogP contribution in [0.4, 0.5) is 0 Å². The molecule has 1 rings (SSSR count). The van der Waals surface area contributed by atoms with Crippen LogP contribution in [-0.4, -0.2) is 23.4 Å². The highest BCUT2D eigenvalue weighted by atomic mass is 16.2. The SMILES string of the molecule is CCCCN(Cc1ccccc1)C(=O)[C@@H](C)N. The van der Waals surface area contributed by atoms with Crippen LogP contribution in [0, 0.1) is 0 Å². The van der Waals surface area contributed by atoms with Gasteiger partial charge in [0.2, 0.25) is 5.91 Å². The third-order valence-corrected chi connectivity index (χ3v) is 2.70. The van der Waals surface area contributed by atoms with Crippen molar-refractivity contribution < 1.29 is 4.79 Å². The second kappa shape index (κ2) is 7.07. The standard InChI is InChI=1S/C14H22N2O/c1-3-4-10-16(14(17)12(2)15)11-13-8-6-5-7-9-13/h5-9,12H,3-4,10-11,15H2,1-2H3/t12-/m1/s1. The lowest BCUT2D eigenvalue weighted by Gasteiger charge is -2.24. The first kappa shape index (κ1) is 13.7. The van der Waals surface area contributed by atoms with Gasteiger partial charge in [-0.1, -0.05) is 43.7 Å². The van der Waals surface area contributed by atoms with Crippen LogP contribution in [0.5, 0.6) is 0 Å². The van der Waals surface area contributed by atoms with Gasteiger partial charge in [-0.25, -0.2) is 0 Å². The molecule has 0 saturated carbocycles. The average molecular weight is 234 g/mol. The van der Waals surface area contributed by atoms with E-state index >= 15 is 0 Å². The summed E-state index contributed by atoms with van der Waals surface area (Å²) in [5.41, 5.74) is 6.82. The van der Waals surface area contributed by atoms with Gasteiger partial charge in [0.05, 0.1) is 6.04 Å². The van der Waals surface area contributed by atoms with E-state index in [-0.39, 0.29) is 5.91 Å². The highest BCUT2D eigenvalue weighted by Crippen LogP contribution is 2.07. The number of rotatable bonds is 6. The first-order chi connectivity index (χ1) is 8.15. The normalized spacial score (nSPS) is 12.2. The van der Waals surface area contributed by atoms with Crippen molar-refractivity contribution >= 4 is 5.91 Å². The molecule has 0 unspecified atom stereocenters.